The van der Waals surface area contributed by atoms with Crippen LogP contribution in [0.3, 0.4) is 0 Å². The number of fused-ring (bicyclic) bond motifs is 2. The number of nitrogens with zero attached hydrogens (tertiary/aromatic N) is 2. The molecule has 0 saturated heterocycles. The number of nitriles is 1. The molecule has 0 unspecified atom stereocenters. The molecule has 1 amide bonds. The summed E-state index contributed by atoms with van der Waals surface area (Å²) in [6.07, 6.45) is 6.04. The van der Waals surface area contributed by atoms with Crippen LogP contribution < -0.4 is 9.62 Å². The lowest BCUT2D eigenvalue weighted by molar-refractivity contribution is -0.120. The summed E-state index contributed by atoms with van der Waals surface area (Å²) in [7, 11) is -3.64. The predicted octanol–water partition coefficient (Wildman–Crippen LogP) is 2.27. The van der Waals surface area contributed by atoms with Gasteiger partial charge in [-0.3, -0.25) is 9.10 Å². The van der Waals surface area contributed by atoms with Crippen LogP contribution in [-0.4, -0.2) is 33.2 Å². The molecule has 0 aliphatic heterocycles. The smallest absolute Gasteiger partial charge is 0.240 e. The van der Waals surface area contributed by atoms with Crippen LogP contribution in [0.4, 0.5) is 5.69 Å². The quantitative estimate of drug-likeness (QED) is 0.826. The van der Waals surface area contributed by atoms with Gasteiger partial charge in [0.15, 0.2) is 0 Å². The number of carbonyl (C=O) groups excluding carboxylic acids is 1. The van der Waals surface area contributed by atoms with Crippen molar-refractivity contribution in [2.24, 2.45) is 17.8 Å². The van der Waals surface area contributed by atoms with Crippen LogP contribution in [0.5, 0.6) is 0 Å². The number of hydrogen-bond donors (Lipinski definition) is 1. The van der Waals surface area contributed by atoms with E-state index in [2.05, 4.69) is 5.32 Å². The van der Waals surface area contributed by atoms with Crippen molar-refractivity contribution in [2.45, 2.75) is 38.6 Å². The van der Waals surface area contributed by atoms with Gasteiger partial charge in [0.05, 0.1) is 23.6 Å². The van der Waals surface area contributed by atoms with Crippen LogP contribution >= 0.6 is 0 Å². The van der Waals surface area contributed by atoms with E-state index in [4.69, 9.17) is 5.26 Å². The maximum atomic E-state index is 12.5. The van der Waals surface area contributed by atoms with Crippen molar-refractivity contribution >= 4 is 21.6 Å². The minimum Gasteiger partial charge on any atom is -0.352 e. The van der Waals surface area contributed by atoms with Crippen LogP contribution in [0.2, 0.25) is 0 Å². The van der Waals surface area contributed by atoms with E-state index in [1.165, 1.54) is 25.3 Å². The van der Waals surface area contributed by atoms with Crippen molar-refractivity contribution in [1.29, 1.82) is 5.26 Å². The van der Waals surface area contributed by atoms with Crippen LogP contribution in [0.25, 0.3) is 0 Å². The van der Waals surface area contributed by atoms with E-state index in [0.717, 1.165) is 22.9 Å². The largest absolute Gasteiger partial charge is 0.352 e. The number of anilines is 1. The lowest BCUT2D eigenvalue weighted by Crippen LogP contribution is -2.46. The molecule has 2 aliphatic rings. The average Bonchev–Trinajstić information content (AvgIpc) is 3.22. The second-order valence-corrected chi connectivity index (χ2v) is 9.53. The summed E-state index contributed by atoms with van der Waals surface area (Å²) in [5.74, 6) is 1.67. The van der Waals surface area contributed by atoms with E-state index >= 15 is 0 Å². The molecule has 0 aromatic heterocycles. The topological polar surface area (TPSA) is 90.3 Å². The summed E-state index contributed by atoms with van der Waals surface area (Å²) in [6, 6.07) is 8.32. The van der Waals surface area contributed by atoms with Crippen LogP contribution in [0.15, 0.2) is 24.3 Å². The lowest BCUT2D eigenvalue weighted by Gasteiger charge is -2.29. The molecule has 4 atom stereocenters. The van der Waals surface area contributed by atoms with E-state index in [1.807, 2.05) is 13.0 Å². The minimum atomic E-state index is -3.64. The summed E-state index contributed by atoms with van der Waals surface area (Å²) in [5.41, 5.74) is 0.682. The predicted molar refractivity (Wildman–Crippen MR) is 99.9 cm³/mol. The Bertz CT molecular complexity index is 831. The van der Waals surface area contributed by atoms with Gasteiger partial charge in [-0.25, -0.2) is 8.42 Å². The first-order valence-electron chi connectivity index (χ1n) is 9.05. The summed E-state index contributed by atoms with van der Waals surface area (Å²) >= 11 is 0. The average molecular weight is 375 g/mol. The Kier molecular flexibility index (Phi) is 5.24. The molecule has 1 aromatic carbocycles. The highest BCUT2D eigenvalue weighted by Gasteiger charge is 2.42. The fourth-order valence-corrected chi connectivity index (χ4v) is 5.42. The molecule has 0 spiro atoms. The van der Waals surface area contributed by atoms with Crippen LogP contribution in [0, 0.1) is 29.1 Å². The molecule has 2 aliphatic carbocycles. The van der Waals surface area contributed by atoms with E-state index < -0.39 is 10.0 Å². The first-order valence-corrected chi connectivity index (χ1v) is 10.9. The Hall–Kier alpha value is -2.07. The van der Waals surface area contributed by atoms with Gasteiger partial charge in [-0.15, -0.1) is 0 Å². The first-order chi connectivity index (χ1) is 12.3. The number of sulfonamides is 1. The third-order valence-corrected chi connectivity index (χ3v) is 6.92. The number of carbonyl (C=O) groups is 1. The Labute approximate surface area is 155 Å². The molecule has 2 bridgehead atoms. The Morgan fingerprint density at radius 2 is 2.15 bits per heavy atom. The Balaban J connectivity index is 1.69. The summed E-state index contributed by atoms with van der Waals surface area (Å²) in [5, 5.41) is 12.0. The number of benzene rings is 1. The van der Waals surface area contributed by atoms with Crippen molar-refractivity contribution in [3.8, 4) is 6.07 Å². The zero-order valence-corrected chi connectivity index (χ0v) is 16.0. The van der Waals surface area contributed by atoms with E-state index in [-0.39, 0.29) is 18.5 Å². The summed E-state index contributed by atoms with van der Waals surface area (Å²) in [4.78, 5) is 12.5. The lowest BCUT2D eigenvalue weighted by atomic mass is 9.84. The van der Waals surface area contributed by atoms with Gasteiger partial charge in [0.2, 0.25) is 15.9 Å². The zero-order valence-electron chi connectivity index (χ0n) is 15.2. The van der Waals surface area contributed by atoms with Gasteiger partial charge >= 0.3 is 0 Å². The Morgan fingerprint density at radius 3 is 2.73 bits per heavy atom. The van der Waals surface area contributed by atoms with E-state index in [1.54, 1.807) is 18.2 Å². The van der Waals surface area contributed by atoms with Gasteiger partial charge in [-0.2, -0.15) is 5.26 Å². The highest BCUT2D eigenvalue weighted by Crippen LogP contribution is 2.49. The molecule has 2 saturated carbocycles. The van der Waals surface area contributed by atoms with Gasteiger partial charge in [-0.05, 0) is 62.1 Å². The number of nitrogens with one attached hydrogen (secondary N) is 1. The van der Waals surface area contributed by atoms with Crippen molar-refractivity contribution in [3.63, 3.8) is 0 Å². The van der Waals surface area contributed by atoms with Crippen molar-refractivity contribution in [3.05, 3.63) is 29.8 Å². The number of hydrogen-bond acceptors (Lipinski definition) is 4. The van der Waals surface area contributed by atoms with Gasteiger partial charge in [0.1, 0.15) is 6.54 Å². The van der Waals surface area contributed by atoms with Crippen molar-refractivity contribution in [2.75, 3.05) is 17.1 Å². The zero-order chi connectivity index (χ0) is 18.9. The first kappa shape index (κ1) is 18.7. The van der Waals surface area contributed by atoms with Gasteiger partial charge < -0.3 is 5.32 Å². The molecule has 0 heterocycles. The van der Waals surface area contributed by atoms with E-state index in [0.29, 0.717) is 23.1 Å². The minimum absolute atomic E-state index is 0.0460. The van der Waals surface area contributed by atoms with Crippen LogP contribution in [0.1, 0.15) is 38.2 Å². The fraction of sp³-hybridized carbons (Fsp3) is 0.579. The summed E-state index contributed by atoms with van der Waals surface area (Å²) in [6.45, 7) is 1.74. The van der Waals surface area contributed by atoms with Crippen LogP contribution in [-0.2, 0) is 14.8 Å². The fourth-order valence-electron chi connectivity index (χ4n) is 4.57. The number of rotatable bonds is 6. The molecule has 1 aromatic rings. The van der Waals surface area contributed by atoms with Crippen molar-refractivity contribution in [1.82, 2.24) is 5.32 Å². The molecule has 3 rings (SSSR count). The molecular weight excluding hydrogens is 350 g/mol. The third kappa shape index (κ3) is 4.01. The van der Waals surface area contributed by atoms with Gasteiger partial charge in [0, 0.05) is 6.04 Å². The SMILES string of the molecule is C[C@H](NC(=O)CN(c1cccc(C#N)c1)S(C)(=O)=O)[C@H]1C[C@H]2CC[C@H]1C2. The summed E-state index contributed by atoms with van der Waals surface area (Å²) < 4.78 is 25.4. The monoisotopic (exact) mass is 375 g/mol. The molecule has 1 N–H and O–H groups in total. The molecule has 0 radical (unpaired) electrons. The maximum Gasteiger partial charge on any atom is 0.240 e. The third-order valence-electron chi connectivity index (χ3n) is 5.77. The highest BCUT2D eigenvalue weighted by atomic mass is 32.2. The molecule has 6 nitrogen and oxygen atoms in total. The second kappa shape index (κ2) is 7.28. The van der Waals surface area contributed by atoms with Gasteiger partial charge in [0.25, 0.3) is 0 Å². The second-order valence-electron chi connectivity index (χ2n) is 7.63. The van der Waals surface area contributed by atoms with Crippen molar-refractivity contribution < 1.29 is 13.2 Å². The molecule has 7 heteroatoms. The molecule has 140 valence electrons. The Morgan fingerprint density at radius 1 is 1.38 bits per heavy atom. The molecule has 26 heavy (non-hydrogen) atoms. The highest BCUT2D eigenvalue weighted by molar-refractivity contribution is 7.92. The molecular formula is C19H25N3O3S. The maximum absolute atomic E-state index is 12.5. The molecule has 2 fully saturated rings. The number of amides is 1. The van der Waals surface area contributed by atoms with E-state index in [9.17, 15) is 13.2 Å². The van der Waals surface area contributed by atoms with Gasteiger partial charge in [-0.1, -0.05) is 12.5 Å². The standard InChI is InChI=1S/C19H25N3O3S/c1-13(18-10-14-6-7-16(18)8-14)21-19(23)12-22(26(2,24)25)17-5-3-4-15(9-17)11-20/h3-5,9,13-14,16,18H,6-8,10,12H2,1-2H3,(H,21,23)/t13-,14-,16-,18+/m0/s1. The normalized spacial score (nSPS) is 25.5.